The van der Waals surface area contributed by atoms with Crippen molar-refractivity contribution in [3.05, 3.63) is 35.9 Å². The van der Waals surface area contributed by atoms with Crippen molar-refractivity contribution in [2.24, 2.45) is 5.41 Å². The zero-order chi connectivity index (χ0) is 22.2. The third-order valence-corrected chi connectivity index (χ3v) is 3.70. The highest BCUT2D eigenvalue weighted by molar-refractivity contribution is 7.85. The van der Waals surface area contributed by atoms with Gasteiger partial charge in [0.05, 0.1) is 18.3 Å². The number of aliphatic hydroxyl groups excluding tert-OH is 1. The van der Waals surface area contributed by atoms with E-state index in [0.29, 0.717) is 13.2 Å². The van der Waals surface area contributed by atoms with Crippen molar-refractivity contribution in [3.8, 4) is 0 Å². The van der Waals surface area contributed by atoms with Gasteiger partial charge in [-0.25, -0.2) is 13.2 Å². The van der Waals surface area contributed by atoms with Crippen molar-refractivity contribution in [2.75, 3.05) is 19.5 Å². The molecule has 1 aromatic carbocycles. The summed E-state index contributed by atoms with van der Waals surface area (Å²) in [7, 11) is -3.67. The number of benzene rings is 1. The van der Waals surface area contributed by atoms with Crippen molar-refractivity contribution >= 4 is 16.1 Å². The molecule has 0 aromatic heterocycles. The lowest BCUT2D eigenvalue weighted by Crippen LogP contribution is -2.45. The average Bonchev–Trinajstić information content (AvgIpc) is 2.52. The number of hydrogen-bond acceptors (Lipinski definition) is 5. The molecule has 6 nitrogen and oxygen atoms in total. The molecule has 0 amide bonds. The van der Waals surface area contributed by atoms with Crippen LogP contribution in [0.25, 0.3) is 0 Å². The maximum absolute atomic E-state index is 15.3. The number of carbonyl (C=O) groups excluding carboxylic acids is 1. The molecule has 0 aliphatic carbocycles. The van der Waals surface area contributed by atoms with Crippen LogP contribution in [0, 0.1) is 5.41 Å². The summed E-state index contributed by atoms with van der Waals surface area (Å²) in [5, 5.41) is 8.67. The van der Waals surface area contributed by atoms with Gasteiger partial charge in [-0.2, -0.15) is 8.42 Å². The molecule has 0 saturated carbocycles. The van der Waals surface area contributed by atoms with Gasteiger partial charge in [0.1, 0.15) is 0 Å². The number of alkyl halides is 3. The second kappa shape index (κ2) is 16.0. The summed E-state index contributed by atoms with van der Waals surface area (Å²) < 4.78 is 74.1. The molecule has 1 rings (SSSR count). The Morgan fingerprint density at radius 2 is 1.41 bits per heavy atom. The zero-order valence-corrected chi connectivity index (χ0v) is 17.1. The number of rotatable bonds is 8. The second-order valence-electron chi connectivity index (χ2n) is 7.06. The van der Waals surface area contributed by atoms with Gasteiger partial charge in [-0.15, -0.1) is 0 Å². The van der Waals surface area contributed by atoms with Gasteiger partial charge in [-0.05, 0) is 19.4 Å². The van der Waals surface area contributed by atoms with Crippen LogP contribution >= 0.6 is 0 Å². The van der Waals surface area contributed by atoms with Gasteiger partial charge < -0.3 is 9.84 Å². The quantitative estimate of drug-likeness (QED) is 0.266. The average molecular weight is 493 g/mol. The molecule has 0 aliphatic rings. The Kier molecular flexibility index (Phi) is 20.4. The van der Waals surface area contributed by atoms with Crippen LogP contribution in [0.2, 0.25) is 0 Å². The standard InChI is InChI=1S/C17H23F3O3.CH4O3S.4CH4/c1-15(2,14(22)23-11-7-10-21)12-17(20,16(3,18)19)13-8-5-4-6-9-13;1-5(2,3)4;;;;/h4-6,8-9,21H,7,10-12H2,1-3H3;1H3,(H,2,3,4);4*1H4. The van der Waals surface area contributed by atoms with Crippen molar-refractivity contribution in [1.29, 1.82) is 0 Å². The smallest absolute Gasteiger partial charge is 0.311 e. The maximum Gasteiger partial charge on any atom is 0.311 e. The first-order chi connectivity index (χ1) is 12.5. The Morgan fingerprint density at radius 1 is 1.00 bits per heavy atom. The number of esters is 1. The van der Waals surface area contributed by atoms with E-state index in [-0.39, 0.29) is 54.9 Å². The van der Waals surface area contributed by atoms with E-state index in [2.05, 4.69) is 0 Å². The SMILES string of the molecule is C.C.C.C.CC(C)(CC(F)(c1ccccc1)C(C)(F)F)C(=O)OCCCO.CS(=O)(=O)O. The summed E-state index contributed by atoms with van der Waals surface area (Å²) in [5.41, 5.74) is -4.61. The lowest BCUT2D eigenvalue weighted by atomic mass is 9.75. The molecule has 0 radical (unpaired) electrons. The van der Waals surface area contributed by atoms with Crippen molar-refractivity contribution in [3.63, 3.8) is 0 Å². The summed E-state index contributed by atoms with van der Waals surface area (Å²) in [6.45, 7) is 3.06. The largest absolute Gasteiger partial charge is 0.465 e. The summed E-state index contributed by atoms with van der Waals surface area (Å²) >= 11 is 0. The van der Waals surface area contributed by atoms with E-state index in [1.54, 1.807) is 6.07 Å². The summed E-state index contributed by atoms with van der Waals surface area (Å²) in [6, 6.07) is 7.12. The molecular weight excluding hydrogens is 449 g/mol. The Labute approximate surface area is 192 Å². The minimum absolute atomic E-state index is 0. The molecule has 1 unspecified atom stereocenters. The third-order valence-electron chi connectivity index (χ3n) is 3.70. The van der Waals surface area contributed by atoms with E-state index < -0.39 is 39.5 Å². The third kappa shape index (κ3) is 14.4. The lowest BCUT2D eigenvalue weighted by molar-refractivity contribution is -0.170. The number of halogens is 3. The lowest BCUT2D eigenvalue weighted by Gasteiger charge is -2.37. The van der Waals surface area contributed by atoms with Gasteiger partial charge in [0, 0.05) is 26.4 Å². The molecule has 194 valence electrons. The summed E-state index contributed by atoms with van der Waals surface area (Å²) in [5.74, 6) is -4.44. The molecular formula is C22H43F3O6S. The van der Waals surface area contributed by atoms with Crippen LogP contribution in [0.3, 0.4) is 0 Å². The van der Waals surface area contributed by atoms with Crippen LogP contribution in [0.1, 0.15) is 68.9 Å². The van der Waals surface area contributed by atoms with Crippen LogP contribution in [-0.2, 0) is 25.3 Å². The minimum atomic E-state index is -3.67. The predicted octanol–water partition coefficient (Wildman–Crippen LogP) is 5.90. The van der Waals surface area contributed by atoms with Crippen molar-refractivity contribution in [1.82, 2.24) is 0 Å². The summed E-state index contributed by atoms with van der Waals surface area (Å²) in [4.78, 5) is 12.1. The van der Waals surface area contributed by atoms with Crippen molar-refractivity contribution in [2.45, 2.75) is 74.9 Å². The number of carbonyl (C=O) groups is 1. The molecule has 1 aromatic rings. The zero-order valence-electron chi connectivity index (χ0n) is 16.3. The Morgan fingerprint density at radius 3 is 1.75 bits per heavy atom. The van der Waals surface area contributed by atoms with E-state index >= 15 is 4.39 Å². The van der Waals surface area contributed by atoms with Crippen LogP contribution in [0.15, 0.2) is 30.3 Å². The van der Waals surface area contributed by atoms with Gasteiger partial charge in [0.2, 0.25) is 0 Å². The number of ether oxygens (including phenoxy) is 1. The fraction of sp³-hybridized carbons (Fsp3) is 0.682. The van der Waals surface area contributed by atoms with E-state index in [9.17, 15) is 22.0 Å². The molecule has 0 fully saturated rings. The molecule has 1 atom stereocenters. The topological polar surface area (TPSA) is 101 Å². The Balaban J connectivity index is -0.000000243. The normalized spacial score (nSPS) is 12.7. The van der Waals surface area contributed by atoms with Crippen LogP contribution in [-0.4, -0.2) is 49.4 Å². The number of aliphatic hydroxyl groups is 1. The molecule has 0 spiro atoms. The molecule has 32 heavy (non-hydrogen) atoms. The van der Waals surface area contributed by atoms with Gasteiger partial charge >= 0.3 is 5.97 Å². The second-order valence-corrected chi connectivity index (χ2v) is 8.53. The van der Waals surface area contributed by atoms with Crippen molar-refractivity contribution < 1.29 is 40.8 Å². The molecule has 10 heteroatoms. The highest BCUT2D eigenvalue weighted by atomic mass is 32.2. The van der Waals surface area contributed by atoms with Crippen LogP contribution in [0.5, 0.6) is 0 Å². The molecule has 0 bridgehead atoms. The first kappa shape index (κ1) is 40.7. The fourth-order valence-corrected chi connectivity index (χ4v) is 2.32. The van der Waals surface area contributed by atoms with E-state index in [4.69, 9.17) is 14.4 Å². The number of hydrogen-bond donors (Lipinski definition) is 2. The Bertz CT molecular complexity index is 711. The fourth-order valence-electron chi connectivity index (χ4n) is 2.32. The van der Waals surface area contributed by atoms with Crippen LogP contribution in [0.4, 0.5) is 13.2 Å². The monoisotopic (exact) mass is 492 g/mol. The first-order valence-electron chi connectivity index (χ1n) is 8.37. The van der Waals surface area contributed by atoms with Gasteiger partial charge in [0.25, 0.3) is 16.0 Å². The van der Waals surface area contributed by atoms with E-state index in [0.717, 1.165) is 0 Å². The predicted molar refractivity (Wildman–Crippen MR) is 125 cm³/mol. The molecule has 2 N–H and O–H groups in total. The highest BCUT2D eigenvalue weighted by Crippen LogP contribution is 2.48. The van der Waals surface area contributed by atoms with E-state index in [1.165, 1.54) is 38.1 Å². The van der Waals surface area contributed by atoms with Gasteiger partial charge in [-0.3, -0.25) is 9.35 Å². The molecule has 0 aliphatic heterocycles. The van der Waals surface area contributed by atoms with Crippen LogP contribution < -0.4 is 0 Å². The van der Waals surface area contributed by atoms with Gasteiger partial charge in [0.15, 0.2) is 5.67 Å². The van der Waals surface area contributed by atoms with Gasteiger partial charge in [-0.1, -0.05) is 60.0 Å². The highest BCUT2D eigenvalue weighted by Gasteiger charge is 2.56. The van der Waals surface area contributed by atoms with E-state index in [1.807, 2.05) is 0 Å². The molecule has 0 saturated heterocycles. The minimum Gasteiger partial charge on any atom is -0.465 e. The maximum atomic E-state index is 15.3. The summed E-state index contributed by atoms with van der Waals surface area (Å²) in [6.07, 6.45) is 0.240. The first-order valence-corrected chi connectivity index (χ1v) is 10.2. The Hall–Kier alpha value is -1.65. The molecule has 0 heterocycles.